The maximum atomic E-state index is 12.9. The van der Waals surface area contributed by atoms with Crippen LogP contribution in [0.5, 0.6) is 11.5 Å². The van der Waals surface area contributed by atoms with Crippen molar-refractivity contribution in [1.82, 2.24) is 5.32 Å². The number of methoxy groups -OCH3 is 2. The number of nitrogens with zero attached hydrogens (tertiary/aromatic N) is 1. The summed E-state index contributed by atoms with van der Waals surface area (Å²) in [5.74, 6) is 0.791. The van der Waals surface area contributed by atoms with E-state index < -0.39 is 9.84 Å². The standard InChI is InChI=1S/C24H28N2O6S/c1-31-20-5-3-16(13-21(20)32-2)7-10-25-22(27)9-12-33(29,30)19-14-17-4-6-23(28)26-11-8-18(15-19)24(17)26/h3,5,13-15H,4,6-12H2,1-2H3,(H,25,27). The van der Waals surface area contributed by atoms with Crippen LogP contribution in [0.25, 0.3) is 0 Å². The van der Waals surface area contributed by atoms with Crippen molar-refractivity contribution in [2.45, 2.75) is 37.0 Å². The maximum Gasteiger partial charge on any atom is 0.227 e. The molecule has 0 atom stereocenters. The molecule has 0 saturated carbocycles. The Bertz CT molecular complexity index is 1190. The molecule has 0 radical (unpaired) electrons. The number of sulfone groups is 1. The van der Waals surface area contributed by atoms with E-state index in [1.165, 1.54) is 0 Å². The molecule has 0 aromatic heterocycles. The third-order valence-electron chi connectivity index (χ3n) is 6.17. The second-order valence-electron chi connectivity index (χ2n) is 8.24. The van der Waals surface area contributed by atoms with Gasteiger partial charge in [0.2, 0.25) is 11.8 Å². The summed E-state index contributed by atoms with van der Waals surface area (Å²) >= 11 is 0. The summed E-state index contributed by atoms with van der Waals surface area (Å²) < 4.78 is 36.3. The fourth-order valence-electron chi connectivity index (χ4n) is 4.42. The van der Waals surface area contributed by atoms with E-state index in [2.05, 4.69) is 5.32 Å². The van der Waals surface area contributed by atoms with Crippen LogP contribution in [0.4, 0.5) is 5.69 Å². The highest BCUT2D eigenvalue weighted by molar-refractivity contribution is 7.91. The first-order valence-electron chi connectivity index (χ1n) is 11.0. The van der Waals surface area contributed by atoms with Crippen molar-refractivity contribution < 1.29 is 27.5 Å². The minimum absolute atomic E-state index is 0.0987. The first-order chi connectivity index (χ1) is 15.8. The van der Waals surface area contributed by atoms with Gasteiger partial charge in [-0.25, -0.2) is 8.42 Å². The lowest BCUT2D eigenvalue weighted by Crippen LogP contribution is -2.33. The predicted molar refractivity (Wildman–Crippen MR) is 124 cm³/mol. The quantitative estimate of drug-likeness (QED) is 0.600. The van der Waals surface area contributed by atoms with Crippen LogP contribution in [0, 0.1) is 0 Å². The largest absolute Gasteiger partial charge is 0.493 e. The van der Waals surface area contributed by atoms with Crippen molar-refractivity contribution in [2.24, 2.45) is 0 Å². The average molecular weight is 473 g/mol. The summed E-state index contributed by atoms with van der Waals surface area (Å²) in [6.07, 6.45) is 2.09. The van der Waals surface area contributed by atoms with Crippen LogP contribution in [-0.4, -0.2) is 53.3 Å². The van der Waals surface area contributed by atoms with Crippen LogP contribution in [0.2, 0.25) is 0 Å². The molecule has 0 unspecified atom stereocenters. The number of hydrogen-bond acceptors (Lipinski definition) is 6. The Kier molecular flexibility index (Phi) is 6.60. The number of hydrogen-bond donors (Lipinski definition) is 1. The second-order valence-corrected chi connectivity index (χ2v) is 10.4. The molecule has 2 aliphatic rings. The number of ether oxygens (including phenoxy) is 2. The molecule has 0 bridgehead atoms. The molecule has 2 aromatic carbocycles. The zero-order chi connectivity index (χ0) is 23.6. The van der Waals surface area contributed by atoms with Gasteiger partial charge in [-0.15, -0.1) is 0 Å². The number of amides is 2. The van der Waals surface area contributed by atoms with Crippen molar-refractivity contribution >= 4 is 27.3 Å². The van der Waals surface area contributed by atoms with Gasteiger partial charge >= 0.3 is 0 Å². The number of carbonyl (C=O) groups is 2. The van der Waals surface area contributed by atoms with Gasteiger partial charge < -0.3 is 19.7 Å². The summed E-state index contributed by atoms with van der Waals surface area (Å²) in [4.78, 5) is 26.3. The molecule has 176 valence electrons. The van der Waals surface area contributed by atoms with Crippen molar-refractivity contribution in [3.63, 3.8) is 0 Å². The number of nitrogens with one attached hydrogen (secondary N) is 1. The molecule has 8 nitrogen and oxygen atoms in total. The highest BCUT2D eigenvalue weighted by Crippen LogP contribution is 2.38. The lowest BCUT2D eigenvalue weighted by molar-refractivity contribution is -0.120. The second kappa shape index (κ2) is 9.43. The van der Waals surface area contributed by atoms with Gasteiger partial charge in [-0.2, -0.15) is 0 Å². The Labute approximate surface area is 193 Å². The molecule has 0 spiro atoms. The van der Waals surface area contributed by atoms with Crippen molar-refractivity contribution in [1.29, 1.82) is 0 Å². The zero-order valence-corrected chi connectivity index (χ0v) is 19.7. The molecule has 0 aliphatic carbocycles. The normalized spacial score (nSPS) is 14.7. The molecule has 0 saturated heterocycles. The van der Waals surface area contributed by atoms with Gasteiger partial charge in [0.25, 0.3) is 0 Å². The van der Waals surface area contributed by atoms with Crippen molar-refractivity contribution in [2.75, 3.05) is 38.0 Å². The van der Waals surface area contributed by atoms with Gasteiger partial charge in [0.15, 0.2) is 21.3 Å². The van der Waals surface area contributed by atoms with Crippen LogP contribution in [-0.2, 0) is 38.7 Å². The number of carbonyl (C=O) groups excluding carboxylic acids is 2. The summed E-state index contributed by atoms with van der Waals surface area (Å²) in [5.41, 5.74) is 3.67. The molecular formula is C24H28N2O6S. The van der Waals surface area contributed by atoms with Gasteiger partial charge in [-0.3, -0.25) is 9.59 Å². The molecular weight excluding hydrogens is 444 g/mol. The van der Waals surface area contributed by atoms with Gasteiger partial charge in [0.1, 0.15) is 0 Å². The average Bonchev–Trinajstić information content (AvgIpc) is 3.25. The minimum Gasteiger partial charge on any atom is -0.493 e. The van der Waals surface area contributed by atoms with E-state index in [4.69, 9.17) is 9.47 Å². The topological polar surface area (TPSA) is 102 Å². The van der Waals surface area contributed by atoms with E-state index in [0.717, 1.165) is 22.4 Å². The van der Waals surface area contributed by atoms with Crippen LogP contribution >= 0.6 is 0 Å². The monoisotopic (exact) mass is 472 g/mol. The smallest absolute Gasteiger partial charge is 0.227 e. The Morgan fingerprint density at radius 2 is 1.76 bits per heavy atom. The first kappa shape index (κ1) is 23.1. The maximum absolute atomic E-state index is 12.9. The fourth-order valence-corrected chi connectivity index (χ4v) is 5.75. The summed E-state index contributed by atoms with van der Waals surface area (Å²) in [6, 6.07) is 8.90. The summed E-state index contributed by atoms with van der Waals surface area (Å²) in [6.45, 7) is 0.994. The number of aryl methyl sites for hydroxylation is 1. The molecule has 4 rings (SSSR count). The van der Waals surface area contributed by atoms with Gasteiger partial charge in [0, 0.05) is 25.9 Å². The van der Waals surface area contributed by atoms with Crippen molar-refractivity contribution in [3.8, 4) is 11.5 Å². The minimum atomic E-state index is -3.61. The van der Waals surface area contributed by atoms with Gasteiger partial charge in [-0.05, 0) is 60.2 Å². The van der Waals surface area contributed by atoms with E-state index in [1.54, 1.807) is 31.3 Å². The highest BCUT2D eigenvalue weighted by atomic mass is 32.2. The zero-order valence-electron chi connectivity index (χ0n) is 18.8. The molecule has 2 aromatic rings. The molecule has 0 fully saturated rings. The van der Waals surface area contributed by atoms with E-state index in [-0.39, 0.29) is 28.9 Å². The van der Waals surface area contributed by atoms with E-state index in [0.29, 0.717) is 50.3 Å². The number of rotatable bonds is 9. The van der Waals surface area contributed by atoms with E-state index in [9.17, 15) is 18.0 Å². The van der Waals surface area contributed by atoms with E-state index >= 15 is 0 Å². The predicted octanol–water partition coefficient (Wildman–Crippen LogP) is 2.06. The molecule has 33 heavy (non-hydrogen) atoms. The molecule has 2 aliphatic heterocycles. The molecule has 1 N–H and O–H groups in total. The van der Waals surface area contributed by atoms with Crippen LogP contribution in [0.15, 0.2) is 35.2 Å². The van der Waals surface area contributed by atoms with E-state index in [1.807, 2.05) is 18.2 Å². The lowest BCUT2D eigenvalue weighted by atomic mass is 10.00. The molecule has 2 heterocycles. The van der Waals surface area contributed by atoms with Crippen molar-refractivity contribution in [3.05, 3.63) is 47.0 Å². The SMILES string of the molecule is COc1ccc(CCNC(=O)CCS(=O)(=O)c2cc3c4c(c2)CCN4C(=O)CC3)cc1OC. The van der Waals surface area contributed by atoms with Crippen LogP contribution in [0.1, 0.15) is 29.5 Å². The third kappa shape index (κ3) is 4.83. The summed E-state index contributed by atoms with van der Waals surface area (Å²) in [7, 11) is -0.471. The Morgan fingerprint density at radius 3 is 2.48 bits per heavy atom. The fraction of sp³-hybridized carbons (Fsp3) is 0.417. The number of benzene rings is 2. The molecule has 2 amide bonds. The first-order valence-corrected chi connectivity index (χ1v) is 12.6. The van der Waals surface area contributed by atoms with Crippen LogP contribution in [0.3, 0.4) is 0 Å². The Morgan fingerprint density at radius 1 is 1.03 bits per heavy atom. The third-order valence-corrected chi connectivity index (χ3v) is 7.86. The molecule has 9 heteroatoms. The van der Waals surface area contributed by atoms with Gasteiger partial charge in [0.05, 0.1) is 30.6 Å². The lowest BCUT2D eigenvalue weighted by Gasteiger charge is -2.25. The summed E-state index contributed by atoms with van der Waals surface area (Å²) in [5, 5.41) is 2.79. The Balaban J connectivity index is 1.33. The Hall–Kier alpha value is -3.07. The highest BCUT2D eigenvalue weighted by Gasteiger charge is 2.33. The number of anilines is 1. The van der Waals surface area contributed by atoms with Gasteiger partial charge in [-0.1, -0.05) is 6.07 Å². The van der Waals surface area contributed by atoms with Crippen LogP contribution < -0.4 is 19.7 Å².